The van der Waals surface area contributed by atoms with Gasteiger partial charge < -0.3 is 10.6 Å². The van der Waals surface area contributed by atoms with Gasteiger partial charge in [0.15, 0.2) is 0 Å². The summed E-state index contributed by atoms with van der Waals surface area (Å²) in [5.74, 6) is 0.0950. The molecule has 0 spiro atoms. The van der Waals surface area contributed by atoms with E-state index in [9.17, 15) is 4.79 Å². The van der Waals surface area contributed by atoms with Crippen molar-refractivity contribution in [2.45, 2.75) is 52.6 Å². The van der Waals surface area contributed by atoms with Crippen molar-refractivity contribution in [2.24, 2.45) is 0 Å². The first-order valence-electron chi connectivity index (χ1n) is 7.22. The molecule has 0 fully saturated rings. The number of hydrogen-bond donors (Lipinski definition) is 2. The average Bonchev–Trinajstić information content (AvgIpc) is 2.85. The molecule has 0 aromatic carbocycles. The molecule has 0 bridgehead atoms. The van der Waals surface area contributed by atoms with E-state index in [1.165, 1.54) is 0 Å². The highest BCUT2D eigenvalue weighted by atomic mass is 16.1. The van der Waals surface area contributed by atoms with Crippen LogP contribution >= 0.6 is 0 Å². The van der Waals surface area contributed by atoms with Crippen LogP contribution in [0.1, 0.15) is 51.8 Å². The third kappa shape index (κ3) is 5.42. The van der Waals surface area contributed by atoms with Crippen LogP contribution in [-0.4, -0.2) is 28.8 Å². The fourth-order valence-electron chi connectivity index (χ4n) is 2.04. The predicted molar refractivity (Wildman–Crippen MR) is 76.9 cm³/mol. The van der Waals surface area contributed by atoms with Crippen molar-refractivity contribution >= 4 is 5.91 Å². The third-order valence-electron chi connectivity index (χ3n) is 3.19. The van der Waals surface area contributed by atoms with Crippen LogP contribution in [0.3, 0.4) is 0 Å². The summed E-state index contributed by atoms with van der Waals surface area (Å²) in [5, 5.41) is 10.6. The summed E-state index contributed by atoms with van der Waals surface area (Å²) in [7, 11) is 0. The minimum Gasteiger partial charge on any atom is -0.356 e. The number of nitrogens with zero attached hydrogens (tertiary/aromatic N) is 2. The van der Waals surface area contributed by atoms with Crippen LogP contribution in [0.4, 0.5) is 0 Å². The monoisotopic (exact) mass is 266 g/mol. The number of nitrogens with one attached hydrogen (secondary N) is 2. The number of hydrogen-bond acceptors (Lipinski definition) is 3. The summed E-state index contributed by atoms with van der Waals surface area (Å²) in [5.41, 5.74) is 1.03. The molecule has 0 aliphatic heterocycles. The van der Waals surface area contributed by atoms with Crippen molar-refractivity contribution in [1.29, 1.82) is 0 Å². The molecule has 5 nitrogen and oxygen atoms in total. The van der Waals surface area contributed by atoms with Gasteiger partial charge in [-0.25, -0.2) is 0 Å². The Kier molecular flexibility index (Phi) is 7.18. The van der Waals surface area contributed by atoms with Gasteiger partial charge in [-0.3, -0.25) is 9.48 Å². The summed E-state index contributed by atoms with van der Waals surface area (Å²) in [6.07, 6.45) is 4.75. The zero-order chi connectivity index (χ0) is 14.1. The van der Waals surface area contributed by atoms with Crippen molar-refractivity contribution in [3.8, 4) is 0 Å². The first-order valence-corrected chi connectivity index (χ1v) is 7.22. The maximum atomic E-state index is 11.3. The predicted octanol–water partition coefficient (Wildman–Crippen LogP) is 1.86. The van der Waals surface area contributed by atoms with Crippen molar-refractivity contribution in [3.05, 3.63) is 18.0 Å². The Balaban J connectivity index is 2.28. The van der Waals surface area contributed by atoms with Gasteiger partial charge in [-0.1, -0.05) is 13.8 Å². The second-order valence-corrected chi connectivity index (χ2v) is 4.64. The smallest absolute Gasteiger partial charge is 0.221 e. The van der Waals surface area contributed by atoms with Gasteiger partial charge in [-0.15, -0.1) is 0 Å². The molecule has 0 unspecified atom stereocenters. The normalized spacial score (nSPS) is 10.9. The van der Waals surface area contributed by atoms with E-state index in [0.717, 1.165) is 18.5 Å². The Morgan fingerprint density at radius 1 is 1.37 bits per heavy atom. The fourth-order valence-corrected chi connectivity index (χ4v) is 2.04. The molecular formula is C14H26N4O. The van der Waals surface area contributed by atoms with Crippen LogP contribution < -0.4 is 10.6 Å². The molecule has 2 N–H and O–H groups in total. The highest BCUT2D eigenvalue weighted by Gasteiger charge is 2.07. The second-order valence-electron chi connectivity index (χ2n) is 4.64. The Morgan fingerprint density at radius 3 is 2.74 bits per heavy atom. The molecule has 0 atom stereocenters. The van der Waals surface area contributed by atoms with E-state index in [-0.39, 0.29) is 5.91 Å². The number of aromatic nitrogens is 2. The summed E-state index contributed by atoms with van der Waals surface area (Å²) in [6, 6.07) is 2.53. The Bertz CT molecular complexity index is 371. The summed E-state index contributed by atoms with van der Waals surface area (Å²) < 4.78 is 2.04. The summed E-state index contributed by atoms with van der Waals surface area (Å²) in [6.45, 7) is 8.38. The Hall–Kier alpha value is -1.36. The van der Waals surface area contributed by atoms with Gasteiger partial charge in [-0.05, 0) is 25.8 Å². The van der Waals surface area contributed by atoms with Gasteiger partial charge >= 0.3 is 0 Å². The van der Waals surface area contributed by atoms with E-state index in [1.54, 1.807) is 0 Å². The Morgan fingerprint density at radius 2 is 2.11 bits per heavy atom. The minimum atomic E-state index is 0.0950. The van der Waals surface area contributed by atoms with Crippen molar-refractivity contribution in [3.63, 3.8) is 0 Å². The van der Waals surface area contributed by atoms with Crippen LogP contribution in [0, 0.1) is 0 Å². The van der Waals surface area contributed by atoms with E-state index < -0.39 is 0 Å². The molecule has 5 heteroatoms. The standard InChI is InChI=1S/C14H26N4O/c1-4-13(5-2)18-10-8-12(17-18)11-15-9-7-14(19)16-6-3/h8,10,13,15H,4-7,9,11H2,1-3H3,(H,16,19). The first kappa shape index (κ1) is 15.7. The van der Waals surface area contributed by atoms with Crippen molar-refractivity contribution < 1.29 is 4.79 Å². The SMILES string of the molecule is CCNC(=O)CCNCc1ccn(C(CC)CC)n1. The molecule has 1 rings (SSSR count). The fraction of sp³-hybridized carbons (Fsp3) is 0.714. The number of amides is 1. The molecule has 19 heavy (non-hydrogen) atoms. The van der Waals surface area contributed by atoms with Crippen molar-refractivity contribution in [1.82, 2.24) is 20.4 Å². The van der Waals surface area contributed by atoms with Crippen LogP contribution in [0.15, 0.2) is 12.3 Å². The van der Waals surface area contributed by atoms with Crippen LogP contribution in [0.2, 0.25) is 0 Å². The topological polar surface area (TPSA) is 59.0 Å². The molecular weight excluding hydrogens is 240 g/mol. The van der Waals surface area contributed by atoms with Gasteiger partial charge in [0.2, 0.25) is 5.91 Å². The second kappa shape index (κ2) is 8.69. The van der Waals surface area contributed by atoms with Crippen LogP contribution in [-0.2, 0) is 11.3 Å². The highest BCUT2D eigenvalue weighted by molar-refractivity contribution is 5.75. The van der Waals surface area contributed by atoms with Gasteiger partial charge in [0.1, 0.15) is 0 Å². The third-order valence-corrected chi connectivity index (χ3v) is 3.19. The quantitative estimate of drug-likeness (QED) is 0.671. The van der Waals surface area contributed by atoms with E-state index >= 15 is 0 Å². The maximum Gasteiger partial charge on any atom is 0.221 e. The molecule has 1 amide bonds. The van der Waals surface area contributed by atoms with E-state index in [1.807, 2.05) is 23.9 Å². The number of carbonyl (C=O) groups excluding carboxylic acids is 1. The van der Waals surface area contributed by atoms with Gasteiger partial charge in [-0.2, -0.15) is 5.10 Å². The lowest BCUT2D eigenvalue weighted by Crippen LogP contribution is -2.27. The lowest BCUT2D eigenvalue weighted by atomic mass is 10.2. The lowest BCUT2D eigenvalue weighted by Gasteiger charge is -2.12. The molecule has 0 saturated carbocycles. The van der Waals surface area contributed by atoms with E-state index in [0.29, 0.717) is 32.1 Å². The van der Waals surface area contributed by atoms with E-state index in [2.05, 4.69) is 29.6 Å². The van der Waals surface area contributed by atoms with Crippen LogP contribution in [0.5, 0.6) is 0 Å². The molecule has 0 aliphatic carbocycles. The molecule has 0 aliphatic rings. The molecule has 1 aromatic rings. The summed E-state index contributed by atoms with van der Waals surface area (Å²) in [4.78, 5) is 11.3. The van der Waals surface area contributed by atoms with Crippen LogP contribution in [0.25, 0.3) is 0 Å². The van der Waals surface area contributed by atoms with Gasteiger partial charge in [0.25, 0.3) is 0 Å². The molecule has 108 valence electrons. The van der Waals surface area contributed by atoms with Gasteiger partial charge in [0, 0.05) is 32.3 Å². The maximum absolute atomic E-state index is 11.3. The van der Waals surface area contributed by atoms with Gasteiger partial charge in [0.05, 0.1) is 11.7 Å². The van der Waals surface area contributed by atoms with E-state index in [4.69, 9.17) is 0 Å². The largest absolute Gasteiger partial charge is 0.356 e. The lowest BCUT2D eigenvalue weighted by molar-refractivity contribution is -0.120. The minimum absolute atomic E-state index is 0.0950. The molecule has 1 heterocycles. The number of carbonyl (C=O) groups is 1. The highest BCUT2D eigenvalue weighted by Crippen LogP contribution is 2.14. The number of rotatable bonds is 9. The Labute approximate surface area is 115 Å². The first-order chi connectivity index (χ1) is 9.21. The zero-order valence-corrected chi connectivity index (χ0v) is 12.3. The molecule has 0 radical (unpaired) electrons. The molecule has 0 saturated heterocycles. The zero-order valence-electron chi connectivity index (χ0n) is 12.3. The molecule has 1 aromatic heterocycles. The summed E-state index contributed by atoms with van der Waals surface area (Å²) >= 11 is 0. The average molecular weight is 266 g/mol. The van der Waals surface area contributed by atoms with Crippen molar-refractivity contribution in [2.75, 3.05) is 13.1 Å².